The minimum atomic E-state index is -4.02. The monoisotopic (exact) mass is 490 g/mol. The summed E-state index contributed by atoms with van der Waals surface area (Å²) in [5.74, 6) is -0.439. The number of halogens is 3. The van der Waals surface area contributed by atoms with Crippen molar-refractivity contribution in [1.82, 2.24) is 9.62 Å². The first-order valence-corrected chi connectivity index (χ1v) is 11.9. The summed E-state index contributed by atoms with van der Waals surface area (Å²) in [6.07, 6.45) is 1.76. The van der Waals surface area contributed by atoms with E-state index in [1.54, 1.807) is 18.2 Å². The molecule has 2 aromatic carbocycles. The number of carbonyl (C=O) groups is 1. The molecule has 6 nitrogen and oxygen atoms in total. The van der Waals surface area contributed by atoms with Crippen LogP contribution < -0.4 is 5.32 Å². The largest absolute Gasteiger partial charge is 0.376 e. The molecule has 3 rings (SSSR count). The Bertz CT molecular complexity index is 973. The highest BCUT2D eigenvalue weighted by atomic mass is 35.5. The fourth-order valence-electron chi connectivity index (χ4n) is 3.09. The van der Waals surface area contributed by atoms with Crippen LogP contribution in [-0.2, 0) is 26.1 Å². The van der Waals surface area contributed by atoms with Gasteiger partial charge >= 0.3 is 0 Å². The molecule has 1 aliphatic rings. The van der Waals surface area contributed by atoms with Crippen molar-refractivity contribution in [3.63, 3.8) is 0 Å². The van der Waals surface area contributed by atoms with Gasteiger partial charge in [-0.15, -0.1) is 0 Å². The molecule has 0 aromatic heterocycles. The fraction of sp³-hybridized carbons (Fsp3) is 0.350. The second-order valence-corrected chi connectivity index (χ2v) is 10.1. The quantitative estimate of drug-likeness (QED) is 0.602. The van der Waals surface area contributed by atoms with Crippen molar-refractivity contribution in [3.8, 4) is 0 Å². The zero-order valence-corrected chi connectivity index (χ0v) is 19.1. The van der Waals surface area contributed by atoms with E-state index in [0.29, 0.717) is 33.8 Å². The van der Waals surface area contributed by atoms with Crippen LogP contribution in [0.5, 0.6) is 0 Å². The molecule has 1 saturated heterocycles. The Morgan fingerprint density at radius 1 is 1.10 bits per heavy atom. The van der Waals surface area contributed by atoms with Gasteiger partial charge in [0.25, 0.3) is 0 Å². The second-order valence-electron chi connectivity index (χ2n) is 6.87. The molecular formula is C20H21Cl3N2O4S. The average molecular weight is 492 g/mol. The SMILES string of the molecule is O=C(CN(Cc1c(Cl)cccc1Cl)S(=O)(=O)c1ccc(Cl)cc1)NC[C@@H]1CCCO1. The molecule has 1 heterocycles. The van der Waals surface area contributed by atoms with Crippen LogP contribution in [0.4, 0.5) is 0 Å². The standard InChI is InChI=1S/C20H21Cl3N2O4S/c21-14-6-8-16(9-7-14)30(27,28)25(12-17-18(22)4-1-5-19(17)23)13-20(26)24-11-15-3-2-10-29-15/h1,4-9,15H,2-3,10-13H2,(H,24,26)/t15-/m0/s1. The molecule has 0 saturated carbocycles. The number of ether oxygens (including phenoxy) is 1. The molecule has 30 heavy (non-hydrogen) atoms. The molecule has 1 fully saturated rings. The number of sulfonamides is 1. The summed E-state index contributed by atoms with van der Waals surface area (Å²) in [5, 5.41) is 3.79. The van der Waals surface area contributed by atoms with E-state index >= 15 is 0 Å². The van der Waals surface area contributed by atoms with Crippen LogP contribution in [0, 0.1) is 0 Å². The number of carbonyl (C=O) groups excluding carboxylic acids is 1. The second kappa shape index (κ2) is 10.3. The number of nitrogens with one attached hydrogen (secondary N) is 1. The van der Waals surface area contributed by atoms with Gasteiger partial charge in [-0.3, -0.25) is 4.79 Å². The lowest BCUT2D eigenvalue weighted by molar-refractivity contribution is -0.121. The topological polar surface area (TPSA) is 75.7 Å². The van der Waals surface area contributed by atoms with Gasteiger partial charge in [0.1, 0.15) is 0 Å². The highest BCUT2D eigenvalue weighted by Crippen LogP contribution is 2.28. The summed E-state index contributed by atoms with van der Waals surface area (Å²) in [6, 6.07) is 10.6. The lowest BCUT2D eigenvalue weighted by Gasteiger charge is -2.23. The Balaban J connectivity index is 1.83. The lowest BCUT2D eigenvalue weighted by atomic mass is 10.2. The number of nitrogens with zero attached hydrogens (tertiary/aromatic N) is 1. The number of amides is 1. The molecule has 0 bridgehead atoms. The molecule has 0 spiro atoms. The van der Waals surface area contributed by atoms with E-state index in [1.807, 2.05) is 0 Å². The van der Waals surface area contributed by atoms with Gasteiger partial charge in [-0.2, -0.15) is 4.31 Å². The Morgan fingerprint density at radius 3 is 2.37 bits per heavy atom. The van der Waals surface area contributed by atoms with E-state index in [2.05, 4.69) is 5.32 Å². The van der Waals surface area contributed by atoms with Crippen LogP contribution in [0.3, 0.4) is 0 Å². The maximum Gasteiger partial charge on any atom is 0.243 e. The number of hydrogen-bond donors (Lipinski definition) is 1. The zero-order valence-electron chi connectivity index (χ0n) is 16.0. The van der Waals surface area contributed by atoms with Crippen molar-refractivity contribution in [2.24, 2.45) is 0 Å². The third kappa shape index (κ3) is 5.87. The van der Waals surface area contributed by atoms with E-state index in [4.69, 9.17) is 39.5 Å². The molecular weight excluding hydrogens is 471 g/mol. The summed E-state index contributed by atoms with van der Waals surface area (Å²) < 4.78 is 33.1. The van der Waals surface area contributed by atoms with Crippen LogP contribution in [0.1, 0.15) is 18.4 Å². The van der Waals surface area contributed by atoms with Gasteiger partial charge in [-0.25, -0.2) is 8.42 Å². The minimum absolute atomic E-state index is 0.0157. The third-order valence-electron chi connectivity index (χ3n) is 4.72. The Hall–Kier alpha value is -1.35. The maximum atomic E-state index is 13.3. The first-order chi connectivity index (χ1) is 14.3. The normalized spacial score (nSPS) is 16.7. The van der Waals surface area contributed by atoms with Gasteiger partial charge < -0.3 is 10.1 Å². The van der Waals surface area contributed by atoms with Crippen LogP contribution >= 0.6 is 34.8 Å². The predicted molar refractivity (Wildman–Crippen MR) is 117 cm³/mol. The molecule has 2 aromatic rings. The van der Waals surface area contributed by atoms with Crippen molar-refractivity contribution in [2.75, 3.05) is 19.7 Å². The van der Waals surface area contributed by atoms with E-state index in [1.165, 1.54) is 24.3 Å². The van der Waals surface area contributed by atoms with Crippen LogP contribution in [0.25, 0.3) is 0 Å². The van der Waals surface area contributed by atoms with Crippen molar-refractivity contribution in [2.45, 2.75) is 30.4 Å². The van der Waals surface area contributed by atoms with E-state index < -0.39 is 15.9 Å². The average Bonchev–Trinajstić information content (AvgIpc) is 3.22. The van der Waals surface area contributed by atoms with Crippen molar-refractivity contribution in [3.05, 3.63) is 63.1 Å². The van der Waals surface area contributed by atoms with Crippen molar-refractivity contribution in [1.29, 1.82) is 0 Å². The predicted octanol–water partition coefficient (Wildman–Crippen LogP) is 4.13. The molecule has 1 aliphatic heterocycles. The summed E-state index contributed by atoms with van der Waals surface area (Å²) in [7, 11) is -4.02. The smallest absolute Gasteiger partial charge is 0.243 e. The summed E-state index contributed by atoms with van der Waals surface area (Å²) in [5.41, 5.74) is 0.422. The molecule has 10 heteroatoms. The van der Waals surface area contributed by atoms with Crippen molar-refractivity contribution >= 4 is 50.7 Å². The molecule has 162 valence electrons. The van der Waals surface area contributed by atoms with Crippen LogP contribution in [-0.4, -0.2) is 44.4 Å². The van der Waals surface area contributed by atoms with Gasteiger partial charge in [0.2, 0.25) is 15.9 Å². The van der Waals surface area contributed by atoms with Crippen LogP contribution in [0.15, 0.2) is 47.4 Å². The molecule has 1 N–H and O–H groups in total. The van der Waals surface area contributed by atoms with Gasteiger partial charge in [0.15, 0.2) is 0 Å². The Morgan fingerprint density at radius 2 is 1.77 bits per heavy atom. The molecule has 1 atom stereocenters. The fourth-order valence-corrected chi connectivity index (χ4v) is 5.10. The molecule has 0 radical (unpaired) electrons. The minimum Gasteiger partial charge on any atom is -0.376 e. The summed E-state index contributed by atoms with van der Waals surface area (Å²) in [6.45, 7) is 0.458. The highest BCUT2D eigenvalue weighted by Gasteiger charge is 2.28. The summed E-state index contributed by atoms with van der Waals surface area (Å²) >= 11 is 18.3. The molecule has 0 unspecified atom stereocenters. The van der Waals surface area contributed by atoms with E-state index in [0.717, 1.165) is 17.1 Å². The zero-order chi connectivity index (χ0) is 21.7. The molecule has 1 amide bonds. The number of rotatable bonds is 8. The Kier molecular flexibility index (Phi) is 8.01. The third-order valence-corrected chi connectivity index (χ3v) is 7.48. The number of benzene rings is 2. The van der Waals surface area contributed by atoms with Gasteiger partial charge in [0.05, 0.1) is 17.5 Å². The van der Waals surface area contributed by atoms with Gasteiger partial charge in [0, 0.05) is 40.3 Å². The first kappa shape index (κ1) is 23.3. The van der Waals surface area contributed by atoms with Crippen LogP contribution in [0.2, 0.25) is 15.1 Å². The Labute approximate surface area is 191 Å². The highest BCUT2D eigenvalue weighted by molar-refractivity contribution is 7.89. The van der Waals surface area contributed by atoms with Gasteiger partial charge in [-0.1, -0.05) is 40.9 Å². The summed E-state index contributed by atoms with van der Waals surface area (Å²) in [4.78, 5) is 12.6. The molecule has 0 aliphatic carbocycles. The maximum absolute atomic E-state index is 13.3. The van der Waals surface area contributed by atoms with E-state index in [9.17, 15) is 13.2 Å². The van der Waals surface area contributed by atoms with E-state index in [-0.39, 0.29) is 24.1 Å². The van der Waals surface area contributed by atoms with Crippen molar-refractivity contribution < 1.29 is 17.9 Å². The number of hydrogen-bond acceptors (Lipinski definition) is 4. The first-order valence-electron chi connectivity index (χ1n) is 9.34. The van der Waals surface area contributed by atoms with Gasteiger partial charge in [-0.05, 0) is 49.2 Å². The lowest BCUT2D eigenvalue weighted by Crippen LogP contribution is -2.42.